The van der Waals surface area contributed by atoms with Crippen LogP contribution in [0.15, 0.2) is 72.1 Å². The number of carbonyl (C=O) groups excluding carboxylic acids is 1. The topological polar surface area (TPSA) is 29.5 Å². The number of ether oxygens (including phenoxy) is 1. The molecule has 1 aliphatic heterocycles. The Bertz CT molecular complexity index is 836. The maximum absolute atomic E-state index is 13.2. The molecule has 0 aliphatic carbocycles. The van der Waals surface area contributed by atoms with E-state index in [1.54, 1.807) is 11.3 Å². The Morgan fingerprint density at radius 3 is 2.62 bits per heavy atom. The molecule has 1 atom stereocenters. The van der Waals surface area contributed by atoms with Crippen LogP contribution in [0.3, 0.4) is 0 Å². The second-order valence-electron chi connectivity index (χ2n) is 6.49. The third kappa shape index (κ3) is 3.81. The van der Waals surface area contributed by atoms with Gasteiger partial charge in [-0.3, -0.25) is 4.79 Å². The molecule has 0 N–H and O–H groups in total. The van der Waals surface area contributed by atoms with Crippen molar-refractivity contribution < 1.29 is 9.53 Å². The lowest BCUT2D eigenvalue weighted by atomic mass is 10.1. The monoisotopic (exact) mass is 363 g/mol. The van der Waals surface area contributed by atoms with Crippen LogP contribution in [0.5, 0.6) is 5.75 Å². The first-order valence-electron chi connectivity index (χ1n) is 8.89. The van der Waals surface area contributed by atoms with Gasteiger partial charge in [0.2, 0.25) is 0 Å². The third-order valence-electron chi connectivity index (χ3n) is 4.67. The summed E-state index contributed by atoms with van der Waals surface area (Å²) < 4.78 is 5.93. The molecular weight excluding hydrogens is 342 g/mol. The van der Waals surface area contributed by atoms with Crippen molar-refractivity contribution in [3.8, 4) is 5.75 Å². The third-order valence-corrected chi connectivity index (χ3v) is 5.54. The molecular formula is C22H21NO2S. The lowest BCUT2D eigenvalue weighted by molar-refractivity contribution is -0.138. The Morgan fingerprint density at radius 1 is 1.04 bits per heavy atom. The molecule has 0 spiro atoms. The molecule has 0 radical (unpaired) electrons. The van der Waals surface area contributed by atoms with Gasteiger partial charge >= 0.3 is 0 Å². The molecule has 2 heterocycles. The van der Waals surface area contributed by atoms with Crippen molar-refractivity contribution in [3.63, 3.8) is 0 Å². The largest absolute Gasteiger partial charge is 0.480 e. The van der Waals surface area contributed by atoms with Crippen LogP contribution in [-0.4, -0.2) is 23.5 Å². The molecule has 132 valence electrons. The predicted octanol–water partition coefficient (Wildman–Crippen LogP) is 4.32. The fraction of sp³-hybridized carbons (Fsp3) is 0.227. The van der Waals surface area contributed by atoms with E-state index in [4.69, 9.17) is 4.74 Å². The predicted molar refractivity (Wildman–Crippen MR) is 104 cm³/mol. The van der Waals surface area contributed by atoms with Gasteiger partial charge < -0.3 is 9.64 Å². The number of benzene rings is 2. The average Bonchev–Trinajstić information content (AvgIpc) is 3.34. The number of amides is 1. The Morgan fingerprint density at radius 2 is 1.85 bits per heavy atom. The Balaban J connectivity index is 1.47. The van der Waals surface area contributed by atoms with Crippen LogP contribution in [0.4, 0.5) is 0 Å². The van der Waals surface area contributed by atoms with Crippen molar-refractivity contribution in [2.45, 2.75) is 25.5 Å². The van der Waals surface area contributed by atoms with Crippen molar-refractivity contribution >= 4 is 17.2 Å². The summed E-state index contributed by atoms with van der Waals surface area (Å²) in [5, 5.41) is 2.05. The molecule has 1 amide bonds. The van der Waals surface area contributed by atoms with Crippen LogP contribution in [-0.2, 0) is 24.2 Å². The molecule has 2 aromatic carbocycles. The van der Waals surface area contributed by atoms with Crippen LogP contribution < -0.4 is 4.74 Å². The van der Waals surface area contributed by atoms with E-state index >= 15 is 0 Å². The number of thiophene rings is 1. The molecule has 1 aliphatic rings. The van der Waals surface area contributed by atoms with Crippen molar-refractivity contribution in [1.29, 1.82) is 0 Å². The average molecular weight is 363 g/mol. The van der Waals surface area contributed by atoms with Crippen LogP contribution in [0.2, 0.25) is 0 Å². The molecule has 0 fully saturated rings. The number of rotatable bonds is 6. The van der Waals surface area contributed by atoms with E-state index in [0.29, 0.717) is 19.5 Å². The summed E-state index contributed by atoms with van der Waals surface area (Å²) in [5.41, 5.74) is 2.36. The van der Waals surface area contributed by atoms with E-state index < -0.39 is 6.10 Å². The zero-order chi connectivity index (χ0) is 17.8. The standard InChI is InChI=1S/C22H21NO2S/c24-22(21-15-18-9-4-5-11-20(18)25-21)23(16-19-10-6-14-26-19)13-12-17-7-2-1-3-8-17/h1-11,14,21H,12-13,15-16H2/t21-/m0/s1. The lowest BCUT2D eigenvalue weighted by Gasteiger charge is -2.25. The summed E-state index contributed by atoms with van der Waals surface area (Å²) in [7, 11) is 0. The normalized spacial score (nSPS) is 15.3. The number of fused-ring (bicyclic) bond motifs is 1. The van der Waals surface area contributed by atoms with Gasteiger partial charge in [-0.15, -0.1) is 11.3 Å². The molecule has 1 aromatic heterocycles. The number of hydrogen-bond acceptors (Lipinski definition) is 3. The van der Waals surface area contributed by atoms with Gasteiger partial charge in [-0.2, -0.15) is 0 Å². The van der Waals surface area contributed by atoms with Crippen LogP contribution in [0, 0.1) is 0 Å². The summed E-state index contributed by atoms with van der Waals surface area (Å²) >= 11 is 1.69. The fourth-order valence-corrected chi connectivity index (χ4v) is 4.01. The van der Waals surface area contributed by atoms with Gasteiger partial charge in [-0.25, -0.2) is 0 Å². The SMILES string of the molecule is O=C([C@@H]1Cc2ccccc2O1)N(CCc1ccccc1)Cc1cccs1. The molecule has 3 nitrogen and oxygen atoms in total. The van der Waals surface area contributed by atoms with Gasteiger partial charge in [0.25, 0.3) is 5.91 Å². The van der Waals surface area contributed by atoms with E-state index in [0.717, 1.165) is 17.7 Å². The number of hydrogen-bond donors (Lipinski definition) is 0. The summed E-state index contributed by atoms with van der Waals surface area (Å²) in [5.74, 6) is 0.913. The van der Waals surface area contributed by atoms with Gasteiger partial charge in [0, 0.05) is 17.8 Å². The second-order valence-corrected chi connectivity index (χ2v) is 7.53. The summed E-state index contributed by atoms with van der Waals surface area (Å²) in [6, 6.07) is 22.3. The first kappa shape index (κ1) is 16.9. The zero-order valence-corrected chi connectivity index (χ0v) is 15.3. The fourth-order valence-electron chi connectivity index (χ4n) is 3.29. The summed E-state index contributed by atoms with van der Waals surface area (Å²) in [6.45, 7) is 1.33. The highest BCUT2D eigenvalue weighted by Crippen LogP contribution is 2.29. The Kier molecular flexibility index (Phi) is 5.02. The maximum atomic E-state index is 13.2. The van der Waals surface area contributed by atoms with Crippen molar-refractivity contribution in [3.05, 3.63) is 88.1 Å². The molecule has 0 saturated carbocycles. The molecule has 0 bridgehead atoms. The summed E-state index contributed by atoms with van der Waals surface area (Å²) in [4.78, 5) is 16.3. The van der Waals surface area contributed by atoms with Crippen LogP contribution in [0.1, 0.15) is 16.0 Å². The Hall–Kier alpha value is -2.59. The molecule has 0 unspecified atom stereocenters. The highest BCUT2D eigenvalue weighted by atomic mass is 32.1. The van der Waals surface area contributed by atoms with Gasteiger partial charge in [0.05, 0.1) is 6.54 Å². The molecule has 26 heavy (non-hydrogen) atoms. The van der Waals surface area contributed by atoms with Gasteiger partial charge in [-0.05, 0) is 35.1 Å². The van der Waals surface area contributed by atoms with Crippen molar-refractivity contribution in [1.82, 2.24) is 4.90 Å². The van der Waals surface area contributed by atoms with Crippen molar-refractivity contribution in [2.75, 3.05) is 6.54 Å². The molecule has 4 rings (SSSR count). The smallest absolute Gasteiger partial charge is 0.264 e. The van der Waals surface area contributed by atoms with E-state index in [-0.39, 0.29) is 5.91 Å². The van der Waals surface area contributed by atoms with E-state index in [1.165, 1.54) is 10.4 Å². The molecule has 4 heteroatoms. The summed E-state index contributed by atoms with van der Waals surface area (Å²) in [6.07, 6.45) is 1.09. The van der Waals surface area contributed by atoms with Crippen LogP contribution in [0.25, 0.3) is 0 Å². The molecule has 0 saturated heterocycles. The first-order valence-corrected chi connectivity index (χ1v) is 9.77. The van der Waals surface area contributed by atoms with Crippen LogP contribution >= 0.6 is 11.3 Å². The highest BCUT2D eigenvalue weighted by Gasteiger charge is 2.32. The van der Waals surface area contributed by atoms with Gasteiger partial charge in [-0.1, -0.05) is 54.6 Å². The number of para-hydroxylation sites is 1. The van der Waals surface area contributed by atoms with Crippen molar-refractivity contribution in [2.24, 2.45) is 0 Å². The minimum atomic E-state index is -0.414. The zero-order valence-electron chi connectivity index (χ0n) is 14.5. The number of nitrogens with zero attached hydrogens (tertiary/aromatic N) is 1. The first-order chi connectivity index (χ1) is 12.8. The van der Waals surface area contributed by atoms with E-state index in [2.05, 4.69) is 23.6 Å². The Labute approximate surface area is 157 Å². The van der Waals surface area contributed by atoms with E-state index in [1.807, 2.05) is 53.4 Å². The minimum absolute atomic E-state index is 0.0746. The quantitative estimate of drug-likeness (QED) is 0.653. The van der Waals surface area contributed by atoms with Gasteiger partial charge in [0.15, 0.2) is 6.10 Å². The maximum Gasteiger partial charge on any atom is 0.264 e. The number of carbonyl (C=O) groups is 1. The molecule has 3 aromatic rings. The second kappa shape index (κ2) is 7.75. The van der Waals surface area contributed by atoms with E-state index in [9.17, 15) is 4.79 Å². The van der Waals surface area contributed by atoms with Gasteiger partial charge in [0.1, 0.15) is 5.75 Å². The highest BCUT2D eigenvalue weighted by molar-refractivity contribution is 7.09. The minimum Gasteiger partial charge on any atom is -0.480 e. The lowest BCUT2D eigenvalue weighted by Crippen LogP contribution is -2.41.